The van der Waals surface area contributed by atoms with E-state index in [0.717, 1.165) is 0 Å². The Hall–Kier alpha value is -1.29. The Labute approximate surface area is 100 Å². The van der Waals surface area contributed by atoms with Crippen LogP contribution >= 0.6 is 0 Å². The van der Waals surface area contributed by atoms with Gasteiger partial charge in [0.25, 0.3) is 0 Å². The molecular formula is C13H17FO3. The van der Waals surface area contributed by atoms with Gasteiger partial charge in [-0.25, -0.2) is 4.39 Å². The Bertz CT molecular complexity index is 454. The lowest BCUT2D eigenvalue weighted by molar-refractivity contribution is 0.158. The van der Waals surface area contributed by atoms with Gasteiger partial charge in [-0.1, -0.05) is 13.8 Å². The van der Waals surface area contributed by atoms with E-state index in [1.165, 1.54) is 20.3 Å². The maximum Gasteiger partial charge on any atom is 0.167 e. The summed E-state index contributed by atoms with van der Waals surface area (Å²) in [6, 6.07) is 1.32. The molecular weight excluding hydrogens is 223 g/mol. The fourth-order valence-electron chi connectivity index (χ4n) is 2.68. The second kappa shape index (κ2) is 3.88. The third kappa shape index (κ3) is 1.67. The Morgan fingerprint density at radius 2 is 2.00 bits per heavy atom. The molecule has 2 rings (SSSR count). The van der Waals surface area contributed by atoms with Crippen LogP contribution in [-0.4, -0.2) is 19.3 Å². The van der Waals surface area contributed by atoms with Gasteiger partial charge in [0.15, 0.2) is 11.5 Å². The number of rotatable bonds is 2. The summed E-state index contributed by atoms with van der Waals surface area (Å²) in [5.74, 6) is 0.404. The molecule has 0 amide bonds. The smallest absolute Gasteiger partial charge is 0.167 e. The summed E-state index contributed by atoms with van der Waals surface area (Å²) >= 11 is 0. The van der Waals surface area contributed by atoms with Crippen LogP contribution in [0.4, 0.5) is 4.39 Å². The van der Waals surface area contributed by atoms with E-state index in [2.05, 4.69) is 0 Å². The molecule has 94 valence electrons. The molecule has 0 aromatic heterocycles. The number of ether oxygens (including phenoxy) is 2. The van der Waals surface area contributed by atoms with E-state index >= 15 is 0 Å². The summed E-state index contributed by atoms with van der Waals surface area (Å²) in [4.78, 5) is 0. The van der Waals surface area contributed by atoms with E-state index in [-0.39, 0.29) is 5.82 Å². The average molecular weight is 240 g/mol. The van der Waals surface area contributed by atoms with Gasteiger partial charge in [-0.05, 0) is 11.8 Å². The largest absolute Gasteiger partial charge is 0.493 e. The number of aliphatic hydroxyl groups excluding tert-OH is 1. The van der Waals surface area contributed by atoms with Crippen molar-refractivity contribution in [2.75, 3.05) is 14.2 Å². The first-order valence-corrected chi connectivity index (χ1v) is 5.55. The van der Waals surface area contributed by atoms with Crippen molar-refractivity contribution in [1.29, 1.82) is 0 Å². The van der Waals surface area contributed by atoms with Crippen LogP contribution in [0, 0.1) is 5.82 Å². The molecule has 4 heteroatoms. The standard InChI is InChI=1S/C13H17FO3/c1-13(2)6-8(15)10-11(13)7(14)5-9(16-3)12(10)17-4/h5,8,15H,6H2,1-4H3/t8-/m1/s1. The number of hydrogen-bond acceptors (Lipinski definition) is 3. The number of fused-ring (bicyclic) bond motifs is 1. The fraction of sp³-hybridized carbons (Fsp3) is 0.538. The van der Waals surface area contributed by atoms with E-state index in [0.29, 0.717) is 29.0 Å². The van der Waals surface area contributed by atoms with Crippen molar-refractivity contribution in [1.82, 2.24) is 0 Å². The number of aliphatic hydroxyl groups is 1. The Balaban J connectivity index is 2.76. The van der Waals surface area contributed by atoms with E-state index in [4.69, 9.17) is 9.47 Å². The van der Waals surface area contributed by atoms with Crippen LogP contribution in [0.5, 0.6) is 11.5 Å². The number of methoxy groups -OCH3 is 2. The van der Waals surface area contributed by atoms with Crippen LogP contribution in [0.25, 0.3) is 0 Å². The van der Waals surface area contributed by atoms with Crippen LogP contribution in [0.1, 0.15) is 37.5 Å². The Morgan fingerprint density at radius 3 is 2.53 bits per heavy atom. The lowest BCUT2D eigenvalue weighted by Crippen LogP contribution is -2.14. The molecule has 0 bridgehead atoms. The van der Waals surface area contributed by atoms with Crippen molar-refractivity contribution in [2.24, 2.45) is 0 Å². The highest BCUT2D eigenvalue weighted by Crippen LogP contribution is 2.52. The summed E-state index contributed by atoms with van der Waals surface area (Å²) in [5.41, 5.74) is 0.662. The molecule has 0 aliphatic heterocycles. The van der Waals surface area contributed by atoms with Gasteiger partial charge in [0.2, 0.25) is 0 Å². The van der Waals surface area contributed by atoms with Gasteiger partial charge < -0.3 is 14.6 Å². The molecule has 0 heterocycles. The highest BCUT2D eigenvalue weighted by Gasteiger charge is 2.41. The molecule has 0 saturated carbocycles. The minimum atomic E-state index is -0.709. The monoisotopic (exact) mass is 240 g/mol. The normalized spacial score (nSPS) is 21.2. The van der Waals surface area contributed by atoms with Crippen LogP contribution in [-0.2, 0) is 5.41 Å². The zero-order valence-electron chi connectivity index (χ0n) is 10.5. The molecule has 1 atom stereocenters. The average Bonchev–Trinajstić information content (AvgIpc) is 2.49. The quantitative estimate of drug-likeness (QED) is 0.863. The SMILES string of the molecule is COc1cc(F)c2c(c1OC)[C@H](O)CC2(C)C. The summed E-state index contributed by atoms with van der Waals surface area (Å²) in [6.45, 7) is 3.83. The van der Waals surface area contributed by atoms with Gasteiger partial charge >= 0.3 is 0 Å². The molecule has 0 fully saturated rings. The first kappa shape index (κ1) is 12.2. The summed E-state index contributed by atoms with van der Waals surface area (Å²) in [7, 11) is 2.95. The minimum Gasteiger partial charge on any atom is -0.493 e. The number of halogens is 1. The second-order valence-electron chi connectivity index (χ2n) is 4.99. The Kier molecular flexibility index (Phi) is 2.78. The molecule has 0 unspecified atom stereocenters. The predicted molar refractivity (Wildman–Crippen MR) is 62.1 cm³/mol. The highest BCUT2D eigenvalue weighted by molar-refractivity contribution is 5.57. The van der Waals surface area contributed by atoms with Gasteiger partial charge in [-0.3, -0.25) is 0 Å². The van der Waals surface area contributed by atoms with Gasteiger partial charge in [-0.2, -0.15) is 0 Å². The van der Waals surface area contributed by atoms with Gasteiger partial charge in [0, 0.05) is 17.2 Å². The van der Waals surface area contributed by atoms with E-state index in [1.54, 1.807) is 0 Å². The van der Waals surface area contributed by atoms with Crippen molar-refractivity contribution >= 4 is 0 Å². The molecule has 1 aromatic carbocycles. The predicted octanol–water partition coefficient (Wildman–Crippen LogP) is 2.56. The zero-order valence-corrected chi connectivity index (χ0v) is 10.5. The summed E-state index contributed by atoms with van der Waals surface area (Å²) in [5, 5.41) is 10.1. The molecule has 17 heavy (non-hydrogen) atoms. The minimum absolute atomic E-state index is 0.320. The van der Waals surface area contributed by atoms with Crippen LogP contribution in [0.3, 0.4) is 0 Å². The number of benzene rings is 1. The molecule has 3 nitrogen and oxygen atoms in total. The lowest BCUT2D eigenvalue weighted by atomic mass is 9.86. The maximum atomic E-state index is 14.1. The molecule has 1 aliphatic carbocycles. The van der Waals surface area contributed by atoms with E-state index in [1.807, 2.05) is 13.8 Å². The van der Waals surface area contributed by atoms with Crippen molar-refractivity contribution in [2.45, 2.75) is 31.8 Å². The van der Waals surface area contributed by atoms with Gasteiger partial charge in [-0.15, -0.1) is 0 Å². The van der Waals surface area contributed by atoms with Crippen molar-refractivity contribution in [3.05, 3.63) is 23.0 Å². The lowest BCUT2D eigenvalue weighted by Gasteiger charge is -2.20. The van der Waals surface area contributed by atoms with E-state index < -0.39 is 11.5 Å². The van der Waals surface area contributed by atoms with Crippen molar-refractivity contribution in [3.63, 3.8) is 0 Å². The summed E-state index contributed by atoms with van der Waals surface area (Å²) in [6.07, 6.45) is -0.220. The molecule has 1 aliphatic rings. The fourth-order valence-corrected chi connectivity index (χ4v) is 2.68. The van der Waals surface area contributed by atoms with Crippen molar-refractivity contribution < 1.29 is 19.0 Å². The van der Waals surface area contributed by atoms with Crippen molar-refractivity contribution in [3.8, 4) is 11.5 Å². The first-order chi connectivity index (χ1) is 7.92. The molecule has 0 radical (unpaired) electrons. The second-order valence-corrected chi connectivity index (χ2v) is 4.99. The Morgan fingerprint density at radius 1 is 1.35 bits per heavy atom. The van der Waals surface area contributed by atoms with Crippen LogP contribution in [0.15, 0.2) is 6.07 Å². The first-order valence-electron chi connectivity index (χ1n) is 5.55. The molecule has 1 aromatic rings. The third-order valence-corrected chi connectivity index (χ3v) is 3.37. The molecule has 0 spiro atoms. The van der Waals surface area contributed by atoms with Gasteiger partial charge in [0.05, 0.1) is 20.3 Å². The van der Waals surface area contributed by atoms with E-state index in [9.17, 15) is 9.50 Å². The number of hydrogen-bond donors (Lipinski definition) is 1. The van der Waals surface area contributed by atoms with Crippen LogP contribution in [0.2, 0.25) is 0 Å². The topological polar surface area (TPSA) is 38.7 Å². The summed E-state index contributed by atoms with van der Waals surface area (Å²) < 4.78 is 24.4. The third-order valence-electron chi connectivity index (χ3n) is 3.37. The zero-order chi connectivity index (χ0) is 12.8. The maximum absolute atomic E-state index is 14.1. The van der Waals surface area contributed by atoms with Gasteiger partial charge in [0.1, 0.15) is 5.82 Å². The molecule has 0 saturated heterocycles. The molecule has 1 N–H and O–H groups in total. The highest BCUT2D eigenvalue weighted by atomic mass is 19.1. The van der Waals surface area contributed by atoms with Crippen LogP contribution < -0.4 is 9.47 Å².